The summed E-state index contributed by atoms with van der Waals surface area (Å²) in [6, 6.07) is 7.75. The van der Waals surface area contributed by atoms with Crippen molar-refractivity contribution >= 4 is 29.9 Å². The fourth-order valence-electron chi connectivity index (χ4n) is 2.27. The molecular weight excluding hydrogens is 447 g/mol. The van der Waals surface area contributed by atoms with Crippen LogP contribution in [0.5, 0.6) is 11.5 Å². The number of aromatic nitrogens is 1. The van der Waals surface area contributed by atoms with Gasteiger partial charge in [-0.25, -0.2) is 4.99 Å². The van der Waals surface area contributed by atoms with Crippen LogP contribution in [0, 0.1) is 0 Å². The molecule has 2 aromatic rings. The molecule has 0 radical (unpaired) electrons. The zero-order valence-corrected chi connectivity index (χ0v) is 17.9. The SMILES string of the molecule is COc1ccc(CCNC(N)=NCc2cc(C(C)C)no2)cc1OC.I. The first-order valence-corrected chi connectivity index (χ1v) is 8.23. The third-order valence-corrected chi connectivity index (χ3v) is 3.74. The van der Waals surface area contributed by atoms with Gasteiger partial charge in [-0.05, 0) is 30.0 Å². The minimum absolute atomic E-state index is 0. The summed E-state index contributed by atoms with van der Waals surface area (Å²) in [5.74, 6) is 2.84. The van der Waals surface area contributed by atoms with Crippen molar-refractivity contribution < 1.29 is 14.0 Å². The van der Waals surface area contributed by atoms with E-state index < -0.39 is 0 Å². The molecule has 0 fully saturated rings. The molecule has 0 aliphatic carbocycles. The summed E-state index contributed by atoms with van der Waals surface area (Å²) in [4.78, 5) is 4.26. The molecule has 7 nitrogen and oxygen atoms in total. The summed E-state index contributed by atoms with van der Waals surface area (Å²) in [5.41, 5.74) is 7.93. The van der Waals surface area contributed by atoms with Crippen molar-refractivity contribution in [2.24, 2.45) is 10.7 Å². The average molecular weight is 474 g/mol. The van der Waals surface area contributed by atoms with E-state index in [-0.39, 0.29) is 24.0 Å². The molecule has 0 spiro atoms. The van der Waals surface area contributed by atoms with Crippen molar-refractivity contribution in [3.8, 4) is 11.5 Å². The molecule has 2 rings (SSSR count). The van der Waals surface area contributed by atoms with Crippen LogP contribution in [-0.2, 0) is 13.0 Å². The van der Waals surface area contributed by atoms with E-state index in [0.717, 1.165) is 17.7 Å². The number of hydrogen-bond donors (Lipinski definition) is 2. The van der Waals surface area contributed by atoms with Gasteiger partial charge in [0.2, 0.25) is 0 Å². The van der Waals surface area contributed by atoms with Gasteiger partial charge in [0.05, 0.1) is 19.9 Å². The van der Waals surface area contributed by atoms with Crippen LogP contribution < -0.4 is 20.5 Å². The number of aliphatic imine (C=N–C) groups is 1. The van der Waals surface area contributed by atoms with Crippen LogP contribution in [0.4, 0.5) is 0 Å². The van der Waals surface area contributed by atoms with E-state index in [9.17, 15) is 0 Å². The molecule has 26 heavy (non-hydrogen) atoms. The van der Waals surface area contributed by atoms with Crippen LogP contribution in [0.3, 0.4) is 0 Å². The lowest BCUT2D eigenvalue weighted by molar-refractivity contribution is 0.354. The highest BCUT2D eigenvalue weighted by Gasteiger charge is 2.07. The molecule has 0 saturated carbocycles. The van der Waals surface area contributed by atoms with Gasteiger partial charge in [0.25, 0.3) is 0 Å². The molecule has 0 amide bonds. The molecule has 1 heterocycles. The molecule has 0 saturated heterocycles. The third-order valence-electron chi connectivity index (χ3n) is 3.74. The number of halogens is 1. The number of nitrogens with one attached hydrogen (secondary N) is 1. The maximum absolute atomic E-state index is 5.89. The fraction of sp³-hybridized carbons (Fsp3) is 0.444. The Morgan fingerprint density at radius 1 is 1.23 bits per heavy atom. The summed E-state index contributed by atoms with van der Waals surface area (Å²) >= 11 is 0. The van der Waals surface area contributed by atoms with Crippen molar-refractivity contribution in [3.63, 3.8) is 0 Å². The first-order chi connectivity index (χ1) is 12.0. The van der Waals surface area contributed by atoms with Gasteiger partial charge in [0.15, 0.2) is 23.2 Å². The summed E-state index contributed by atoms with van der Waals surface area (Å²) in [7, 11) is 3.24. The first-order valence-electron chi connectivity index (χ1n) is 8.23. The Morgan fingerprint density at radius 3 is 2.58 bits per heavy atom. The Morgan fingerprint density at radius 2 is 1.96 bits per heavy atom. The van der Waals surface area contributed by atoms with Gasteiger partial charge in [-0.3, -0.25) is 0 Å². The highest BCUT2D eigenvalue weighted by Crippen LogP contribution is 2.27. The lowest BCUT2D eigenvalue weighted by Crippen LogP contribution is -2.33. The van der Waals surface area contributed by atoms with Crippen LogP contribution in [0.25, 0.3) is 0 Å². The van der Waals surface area contributed by atoms with Crippen LogP contribution in [-0.4, -0.2) is 31.9 Å². The molecule has 0 bridgehead atoms. The van der Waals surface area contributed by atoms with Crippen LogP contribution in [0.2, 0.25) is 0 Å². The van der Waals surface area contributed by atoms with Gasteiger partial charge in [-0.2, -0.15) is 0 Å². The molecule has 1 aromatic carbocycles. The number of nitrogens with two attached hydrogens (primary N) is 1. The summed E-state index contributed by atoms with van der Waals surface area (Å²) in [6.45, 7) is 5.16. The number of hydrogen-bond acceptors (Lipinski definition) is 5. The Labute approximate surface area is 171 Å². The summed E-state index contributed by atoms with van der Waals surface area (Å²) in [5, 5.41) is 7.09. The van der Waals surface area contributed by atoms with Crippen molar-refractivity contribution in [2.45, 2.75) is 32.7 Å². The second kappa shape index (κ2) is 10.9. The van der Waals surface area contributed by atoms with Gasteiger partial charge in [-0.15, -0.1) is 24.0 Å². The summed E-state index contributed by atoms with van der Waals surface area (Å²) in [6.07, 6.45) is 0.788. The molecule has 1 aromatic heterocycles. The van der Waals surface area contributed by atoms with Gasteiger partial charge >= 0.3 is 0 Å². The molecular formula is C18H27IN4O3. The minimum Gasteiger partial charge on any atom is -0.493 e. The second-order valence-electron chi connectivity index (χ2n) is 5.94. The number of ether oxygens (including phenoxy) is 2. The van der Waals surface area contributed by atoms with Gasteiger partial charge in [0.1, 0.15) is 6.54 Å². The van der Waals surface area contributed by atoms with E-state index in [1.165, 1.54) is 0 Å². The van der Waals surface area contributed by atoms with E-state index in [1.807, 2.05) is 24.3 Å². The second-order valence-corrected chi connectivity index (χ2v) is 5.94. The standard InChI is InChI=1S/C18H26N4O3.HI/c1-12(2)15-10-14(25-22-15)11-21-18(19)20-8-7-13-5-6-16(23-3)17(9-13)24-4;/h5-6,9-10,12H,7-8,11H2,1-4H3,(H3,19,20,21);1H. The highest BCUT2D eigenvalue weighted by atomic mass is 127. The van der Waals surface area contributed by atoms with Crippen LogP contribution >= 0.6 is 24.0 Å². The molecule has 0 unspecified atom stereocenters. The number of nitrogens with zero attached hydrogens (tertiary/aromatic N) is 2. The minimum atomic E-state index is 0. The highest BCUT2D eigenvalue weighted by molar-refractivity contribution is 14.0. The zero-order valence-electron chi connectivity index (χ0n) is 15.6. The molecule has 0 aliphatic heterocycles. The van der Waals surface area contributed by atoms with E-state index in [0.29, 0.717) is 42.2 Å². The predicted molar refractivity (Wildman–Crippen MR) is 113 cm³/mol. The van der Waals surface area contributed by atoms with E-state index in [4.69, 9.17) is 19.7 Å². The quantitative estimate of drug-likeness (QED) is 0.347. The number of guanidine groups is 1. The Bertz CT molecular complexity index is 716. The number of benzene rings is 1. The van der Waals surface area contributed by atoms with Gasteiger partial charge < -0.3 is 25.0 Å². The van der Waals surface area contributed by atoms with Gasteiger partial charge in [-0.1, -0.05) is 25.1 Å². The Balaban J connectivity index is 0.00000338. The molecule has 144 valence electrons. The lowest BCUT2D eigenvalue weighted by atomic mass is 10.1. The van der Waals surface area contributed by atoms with Crippen molar-refractivity contribution in [1.82, 2.24) is 10.5 Å². The maximum Gasteiger partial charge on any atom is 0.189 e. The third kappa shape index (κ3) is 6.40. The topological polar surface area (TPSA) is 94.9 Å². The normalized spacial score (nSPS) is 11.2. The maximum atomic E-state index is 5.89. The lowest BCUT2D eigenvalue weighted by Gasteiger charge is -2.10. The predicted octanol–water partition coefficient (Wildman–Crippen LogP) is 3.08. The summed E-state index contributed by atoms with van der Waals surface area (Å²) < 4.78 is 15.8. The van der Waals surface area contributed by atoms with Crippen LogP contribution in [0.1, 0.15) is 36.8 Å². The molecule has 3 N–H and O–H groups in total. The largest absolute Gasteiger partial charge is 0.493 e. The van der Waals surface area contributed by atoms with Crippen molar-refractivity contribution in [1.29, 1.82) is 0 Å². The molecule has 8 heteroatoms. The molecule has 0 atom stereocenters. The van der Waals surface area contributed by atoms with E-state index >= 15 is 0 Å². The zero-order chi connectivity index (χ0) is 18.2. The fourth-order valence-corrected chi connectivity index (χ4v) is 2.27. The average Bonchev–Trinajstić information content (AvgIpc) is 3.09. The van der Waals surface area contributed by atoms with Crippen LogP contribution in [0.15, 0.2) is 33.8 Å². The van der Waals surface area contributed by atoms with Gasteiger partial charge in [0, 0.05) is 12.6 Å². The van der Waals surface area contributed by atoms with E-state index in [1.54, 1.807) is 14.2 Å². The van der Waals surface area contributed by atoms with Crippen molar-refractivity contribution in [3.05, 3.63) is 41.3 Å². The van der Waals surface area contributed by atoms with Crippen molar-refractivity contribution in [2.75, 3.05) is 20.8 Å². The smallest absolute Gasteiger partial charge is 0.189 e. The van der Waals surface area contributed by atoms with E-state index in [2.05, 4.69) is 29.3 Å². The Hall–Kier alpha value is -1.97. The number of methoxy groups -OCH3 is 2. The monoisotopic (exact) mass is 474 g/mol. The molecule has 0 aliphatic rings. The Kier molecular flexibility index (Phi) is 9.25. The number of rotatable bonds is 8. The first kappa shape index (κ1) is 22.1.